The number of nitrogens with zero attached hydrogens (tertiary/aromatic N) is 7. The first-order valence-corrected chi connectivity index (χ1v) is 16.5. The Kier molecular flexibility index (Phi) is 11.1. The van der Waals surface area contributed by atoms with Gasteiger partial charge in [0.05, 0.1) is 41.7 Å². The van der Waals surface area contributed by atoms with Gasteiger partial charge in [-0.1, -0.05) is 62.7 Å². The number of carbonyl (C=O) groups excluding carboxylic acids is 2. The van der Waals surface area contributed by atoms with E-state index in [0.717, 1.165) is 23.1 Å². The number of halogens is 7. The molecule has 19 heteroatoms. The maximum atomic E-state index is 14.8. The molecule has 0 aliphatic carbocycles. The number of nitrogens with two attached hydrogens (primary N) is 1. The van der Waals surface area contributed by atoms with Crippen molar-refractivity contribution in [1.82, 2.24) is 19.6 Å². The maximum absolute atomic E-state index is 14.8. The molecule has 12 nitrogen and oxygen atoms in total. The molecule has 2 atom stereocenters. The molecular formula is C34H36ClF6N9O3. The lowest BCUT2D eigenvalue weighted by atomic mass is 9.75. The van der Waals surface area contributed by atoms with E-state index in [9.17, 15) is 35.9 Å². The van der Waals surface area contributed by atoms with Crippen molar-refractivity contribution in [2.24, 2.45) is 26.2 Å². The summed E-state index contributed by atoms with van der Waals surface area (Å²) in [6, 6.07) is 9.79. The standard InChI is InChI=1S/C34H36ClF6N9O3/c1-19(27(36)37)43-18-44-47-25-11-21(7-10-24(25)35)26(14-53-31(52)48-16-33(40,41)17-48)50-28(51)34(46-30(50)42,15-32(2,3)4)23-8-5-20(6-9-23)22-12-45-49(13-22)29(38)39/h5-13,18,26-27,29,47H,14-17H2,1-4H3,(H2,42,46)/b43-19?,44-18-/t26-,34-/m1/s1. The Morgan fingerprint density at radius 1 is 1.11 bits per heavy atom. The van der Waals surface area contributed by atoms with Gasteiger partial charge >= 0.3 is 12.6 Å². The average Bonchev–Trinajstić information content (AvgIpc) is 3.66. The number of ether oxygens (including phenoxy) is 1. The number of nitrogens with one attached hydrogen (secondary N) is 1. The Morgan fingerprint density at radius 2 is 1.79 bits per heavy atom. The Labute approximate surface area is 305 Å². The summed E-state index contributed by atoms with van der Waals surface area (Å²) in [7, 11) is 0. The number of carbonyl (C=O) groups is 2. The van der Waals surface area contributed by atoms with Crippen molar-refractivity contribution < 1.29 is 40.7 Å². The third kappa shape index (κ3) is 8.75. The van der Waals surface area contributed by atoms with Crippen molar-refractivity contribution in [3.05, 3.63) is 71.0 Å². The molecule has 1 aromatic heterocycles. The highest BCUT2D eigenvalue weighted by Gasteiger charge is 2.53. The minimum Gasteiger partial charge on any atom is -0.447 e. The summed E-state index contributed by atoms with van der Waals surface area (Å²) in [4.78, 5) is 37.8. The molecule has 5 rings (SSSR count). The average molecular weight is 768 g/mol. The van der Waals surface area contributed by atoms with Gasteiger partial charge in [-0.25, -0.2) is 37.0 Å². The number of alkyl halides is 6. The third-order valence-electron chi connectivity index (χ3n) is 8.38. The number of aromatic nitrogens is 2. The second-order valence-electron chi connectivity index (χ2n) is 13.8. The smallest absolute Gasteiger partial charge is 0.410 e. The van der Waals surface area contributed by atoms with E-state index in [1.807, 2.05) is 20.8 Å². The zero-order chi connectivity index (χ0) is 38.9. The van der Waals surface area contributed by atoms with Crippen LogP contribution in [-0.2, 0) is 15.1 Å². The largest absolute Gasteiger partial charge is 0.447 e. The van der Waals surface area contributed by atoms with Crippen LogP contribution in [0.5, 0.6) is 0 Å². The number of guanidine groups is 1. The number of likely N-dealkylation sites (tertiary alicyclic amines) is 1. The summed E-state index contributed by atoms with van der Waals surface area (Å²) in [6.45, 7) is 1.77. The topological polar surface area (TPSA) is 143 Å². The molecule has 3 heterocycles. The van der Waals surface area contributed by atoms with Crippen molar-refractivity contribution in [1.29, 1.82) is 0 Å². The molecule has 0 spiro atoms. The molecule has 0 radical (unpaired) electrons. The molecule has 0 unspecified atom stereocenters. The van der Waals surface area contributed by atoms with E-state index in [2.05, 4.69) is 20.6 Å². The molecule has 2 aromatic carbocycles. The normalized spacial score (nSPS) is 19.6. The molecule has 3 aromatic rings. The fraction of sp³-hybridized carbons (Fsp3) is 0.412. The van der Waals surface area contributed by atoms with Gasteiger partial charge < -0.3 is 10.5 Å². The summed E-state index contributed by atoms with van der Waals surface area (Å²) >= 11 is 6.38. The number of hydrogen-bond donors (Lipinski definition) is 2. The highest BCUT2D eigenvalue weighted by Crippen LogP contribution is 2.45. The predicted molar refractivity (Wildman–Crippen MR) is 186 cm³/mol. The lowest BCUT2D eigenvalue weighted by Gasteiger charge is -2.38. The first-order valence-electron chi connectivity index (χ1n) is 16.1. The van der Waals surface area contributed by atoms with Crippen LogP contribution in [0.2, 0.25) is 5.02 Å². The van der Waals surface area contributed by atoms with Crippen LogP contribution in [0.1, 0.15) is 57.8 Å². The van der Waals surface area contributed by atoms with Gasteiger partial charge in [-0.2, -0.15) is 19.0 Å². The quantitative estimate of drug-likeness (QED) is 0.0858. The van der Waals surface area contributed by atoms with Crippen LogP contribution in [0.25, 0.3) is 11.1 Å². The Morgan fingerprint density at radius 3 is 2.38 bits per heavy atom. The van der Waals surface area contributed by atoms with Gasteiger partial charge in [-0.15, -0.1) is 0 Å². The Balaban J connectivity index is 1.51. The number of benzene rings is 2. The summed E-state index contributed by atoms with van der Waals surface area (Å²) in [6.07, 6.45) is -0.345. The van der Waals surface area contributed by atoms with Crippen LogP contribution in [0.15, 0.2) is 69.9 Å². The molecule has 2 aliphatic heterocycles. The van der Waals surface area contributed by atoms with Gasteiger partial charge in [0.2, 0.25) is 0 Å². The molecular weight excluding hydrogens is 732 g/mol. The van der Waals surface area contributed by atoms with Gasteiger partial charge in [0.25, 0.3) is 18.3 Å². The van der Waals surface area contributed by atoms with Crippen LogP contribution in [-0.4, -0.2) is 81.6 Å². The summed E-state index contributed by atoms with van der Waals surface area (Å²) < 4.78 is 85.0. The highest BCUT2D eigenvalue weighted by molar-refractivity contribution is 6.33. The predicted octanol–water partition coefficient (Wildman–Crippen LogP) is 7.30. The van der Waals surface area contributed by atoms with Crippen molar-refractivity contribution in [3.63, 3.8) is 0 Å². The van der Waals surface area contributed by atoms with E-state index in [-0.39, 0.29) is 23.1 Å². The Bertz CT molecular complexity index is 1920. The first kappa shape index (κ1) is 39.1. The molecule has 2 aliphatic rings. The molecule has 2 amide bonds. The number of aliphatic imine (C=N–C) groups is 2. The SMILES string of the molecule is CC(=N/C=N\Nc1cc([C@@H](COC(=O)N2CC(F)(F)C2)N2C(=O)[C@@](CC(C)(C)C)(c3ccc(-c4cnn(C(F)F)c4)cc3)N=C2N)ccc1Cl)C(F)F. The van der Waals surface area contributed by atoms with Crippen LogP contribution < -0.4 is 11.2 Å². The number of hydrogen-bond acceptors (Lipinski definition) is 8. The molecule has 1 saturated heterocycles. The zero-order valence-electron chi connectivity index (χ0n) is 28.9. The van der Waals surface area contributed by atoms with Gasteiger partial charge in [0, 0.05) is 11.8 Å². The van der Waals surface area contributed by atoms with E-state index >= 15 is 0 Å². The minimum absolute atomic E-state index is 0.134. The molecule has 0 saturated carbocycles. The van der Waals surface area contributed by atoms with Crippen LogP contribution in [0, 0.1) is 5.41 Å². The van der Waals surface area contributed by atoms with E-state index < -0.39 is 73.3 Å². The summed E-state index contributed by atoms with van der Waals surface area (Å²) in [5, 5.41) is 7.62. The van der Waals surface area contributed by atoms with E-state index in [1.54, 1.807) is 24.3 Å². The number of hydrazone groups is 1. The second kappa shape index (κ2) is 15.1. The molecule has 1 fully saturated rings. The van der Waals surface area contributed by atoms with Crippen LogP contribution in [0.3, 0.4) is 0 Å². The Hall–Kier alpha value is -5.13. The fourth-order valence-electron chi connectivity index (χ4n) is 5.92. The number of amides is 2. The van der Waals surface area contributed by atoms with Gasteiger partial charge in [0.1, 0.15) is 12.9 Å². The van der Waals surface area contributed by atoms with Crippen molar-refractivity contribution in [2.75, 3.05) is 25.1 Å². The molecule has 0 bridgehead atoms. The number of rotatable bonds is 12. The third-order valence-corrected chi connectivity index (χ3v) is 8.71. The molecule has 284 valence electrons. The van der Waals surface area contributed by atoms with E-state index in [1.165, 1.54) is 30.6 Å². The second-order valence-corrected chi connectivity index (χ2v) is 14.2. The minimum atomic E-state index is -3.05. The van der Waals surface area contributed by atoms with E-state index in [0.29, 0.717) is 26.9 Å². The zero-order valence-corrected chi connectivity index (χ0v) is 29.7. The fourth-order valence-corrected chi connectivity index (χ4v) is 6.08. The number of anilines is 1. The van der Waals surface area contributed by atoms with Gasteiger partial charge in [-0.05, 0) is 47.6 Å². The summed E-state index contributed by atoms with van der Waals surface area (Å²) in [5.41, 5.74) is 8.37. The van der Waals surface area contributed by atoms with Gasteiger partial charge in [-0.3, -0.25) is 20.0 Å². The van der Waals surface area contributed by atoms with E-state index in [4.69, 9.17) is 27.1 Å². The first-order chi connectivity index (χ1) is 24.8. The van der Waals surface area contributed by atoms with Crippen molar-refractivity contribution in [3.8, 4) is 11.1 Å². The van der Waals surface area contributed by atoms with Crippen LogP contribution >= 0.6 is 11.6 Å². The maximum Gasteiger partial charge on any atom is 0.410 e. The van der Waals surface area contributed by atoms with Crippen molar-refractivity contribution in [2.45, 2.75) is 64.6 Å². The van der Waals surface area contributed by atoms with Gasteiger partial charge in [0.15, 0.2) is 11.5 Å². The highest BCUT2D eigenvalue weighted by atomic mass is 35.5. The lowest BCUT2D eigenvalue weighted by molar-refractivity contribution is -0.135. The monoisotopic (exact) mass is 767 g/mol. The lowest BCUT2D eigenvalue weighted by Crippen LogP contribution is -2.58. The van der Waals surface area contributed by atoms with Crippen molar-refractivity contribution >= 4 is 47.3 Å². The summed E-state index contributed by atoms with van der Waals surface area (Å²) in [5.74, 6) is -3.89. The molecule has 3 N–H and O–H groups in total. The molecule has 53 heavy (non-hydrogen) atoms. The van der Waals surface area contributed by atoms with Crippen LogP contribution in [0.4, 0.5) is 36.8 Å².